The van der Waals surface area contributed by atoms with E-state index in [9.17, 15) is 4.39 Å². The zero-order valence-electron chi connectivity index (χ0n) is 10.0. The number of pyridine rings is 1. The molecule has 18 heavy (non-hydrogen) atoms. The molecule has 2 heterocycles. The molecule has 0 radical (unpaired) electrons. The van der Waals surface area contributed by atoms with Crippen LogP contribution in [0, 0.1) is 5.95 Å². The summed E-state index contributed by atoms with van der Waals surface area (Å²) < 4.78 is 13.6. The second-order valence-corrected chi connectivity index (χ2v) is 3.85. The van der Waals surface area contributed by atoms with Crippen molar-refractivity contribution in [3.05, 3.63) is 42.5 Å². The quantitative estimate of drug-likeness (QED) is 0.684. The third-order valence-corrected chi connectivity index (χ3v) is 2.87. The number of hydrogen-bond acceptors (Lipinski definition) is 3. The summed E-state index contributed by atoms with van der Waals surface area (Å²) in [6.07, 6.45) is 3.25. The Bertz CT molecular complexity index is 370. The molecular formula is C12H18Cl2FN3. The van der Waals surface area contributed by atoms with Crippen molar-refractivity contribution in [1.29, 1.82) is 0 Å². The van der Waals surface area contributed by atoms with Crippen LogP contribution in [0.15, 0.2) is 31.0 Å². The fourth-order valence-electron chi connectivity index (χ4n) is 2.05. The monoisotopic (exact) mass is 293 g/mol. The van der Waals surface area contributed by atoms with Crippen molar-refractivity contribution >= 4 is 24.8 Å². The number of halogens is 3. The highest BCUT2D eigenvalue weighted by molar-refractivity contribution is 5.85. The Balaban J connectivity index is 0.00000144. The van der Waals surface area contributed by atoms with E-state index in [0.29, 0.717) is 5.56 Å². The van der Waals surface area contributed by atoms with Gasteiger partial charge in [0.2, 0.25) is 5.95 Å². The molecule has 0 bridgehead atoms. The van der Waals surface area contributed by atoms with Gasteiger partial charge in [-0.1, -0.05) is 12.1 Å². The zero-order chi connectivity index (χ0) is 11.4. The van der Waals surface area contributed by atoms with Crippen molar-refractivity contribution in [1.82, 2.24) is 15.2 Å². The molecule has 3 nitrogen and oxygen atoms in total. The van der Waals surface area contributed by atoms with Crippen LogP contribution in [0.2, 0.25) is 0 Å². The van der Waals surface area contributed by atoms with Crippen molar-refractivity contribution in [3.63, 3.8) is 0 Å². The molecule has 0 aromatic carbocycles. The van der Waals surface area contributed by atoms with Gasteiger partial charge in [-0.15, -0.1) is 31.4 Å². The Morgan fingerprint density at radius 3 is 2.61 bits per heavy atom. The van der Waals surface area contributed by atoms with Gasteiger partial charge in [0.15, 0.2) is 0 Å². The number of aromatic nitrogens is 1. The van der Waals surface area contributed by atoms with E-state index in [1.165, 1.54) is 6.20 Å². The largest absolute Gasteiger partial charge is 0.314 e. The summed E-state index contributed by atoms with van der Waals surface area (Å²) in [5.74, 6) is -0.397. The summed E-state index contributed by atoms with van der Waals surface area (Å²) in [6.45, 7) is 7.49. The van der Waals surface area contributed by atoms with Gasteiger partial charge in [-0.25, -0.2) is 4.98 Å². The van der Waals surface area contributed by atoms with Gasteiger partial charge >= 0.3 is 0 Å². The average Bonchev–Trinajstić information content (AvgIpc) is 2.34. The molecule has 0 spiro atoms. The molecule has 1 fully saturated rings. The van der Waals surface area contributed by atoms with Crippen molar-refractivity contribution in [2.45, 2.75) is 6.04 Å². The topological polar surface area (TPSA) is 28.2 Å². The van der Waals surface area contributed by atoms with Crippen molar-refractivity contribution in [2.24, 2.45) is 0 Å². The average molecular weight is 294 g/mol. The summed E-state index contributed by atoms with van der Waals surface area (Å²) in [6, 6.07) is 3.46. The summed E-state index contributed by atoms with van der Waals surface area (Å²) in [5, 5.41) is 3.27. The van der Waals surface area contributed by atoms with E-state index < -0.39 is 5.95 Å². The van der Waals surface area contributed by atoms with Gasteiger partial charge in [0.25, 0.3) is 0 Å². The van der Waals surface area contributed by atoms with Gasteiger partial charge in [-0.2, -0.15) is 4.39 Å². The lowest BCUT2D eigenvalue weighted by Crippen LogP contribution is -2.44. The lowest BCUT2D eigenvalue weighted by Gasteiger charge is -2.33. The molecule has 102 valence electrons. The standard InChI is InChI=1S/C12H16FN3.2ClH/c1-2-11(16-8-6-14-7-9-16)10-4-3-5-15-12(10)13;;/h2-5,11,14H,1,6-9H2;2*1H/t11-;;/m1../s1. The second kappa shape index (κ2) is 8.43. The lowest BCUT2D eigenvalue weighted by molar-refractivity contribution is 0.199. The summed E-state index contributed by atoms with van der Waals surface area (Å²) in [4.78, 5) is 5.90. The Kier molecular flexibility index (Phi) is 8.11. The molecular weight excluding hydrogens is 276 g/mol. The highest BCUT2D eigenvalue weighted by Crippen LogP contribution is 2.23. The van der Waals surface area contributed by atoms with Crippen LogP contribution in [0.25, 0.3) is 0 Å². The van der Waals surface area contributed by atoms with Gasteiger partial charge in [0.1, 0.15) is 0 Å². The van der Waals surface area contributed by atoms with Crippen molar-refractivity contribution in [2.75, 3.05) is 26.2 Å². The van der Waals surface area contributed by atoms with Crippen LogP contribution in [-0.4, -0.2) is 36.1 Å². The molecule has 1 aliphatic rings. The number of piperazine rings is 1. The number of nitrogens with zero attached hydrogens (tertiary/aromatic N) is 2. The normalized spacial score (nSPS) is 17.2. The van der Waals surface area contributed by atoms with E-state index in [2.05, 4.69) is 21.8 Å². The van der Waals surface area contributed by atoms with E-state index in [0.717, 1.165) is 26.2 Å². The molecule has 1 saturated heterocycles. The Morgan fingerprint density at radius 1 is 1.39 bits per heavy atom. The molecule has 6 heteroatoms. The minimum Gasteiger partial charge on any atom is -0.314 e. The first-order chi connectivity index (χ1) is 7.83. The van der Waals surface area contributed by atoms with Gasteiger partial charge in [0, 0.05) is 37.9 Å². The number of nitrogens with one attached hydrogen (secondary N) is 1. The first-order valence-electron chi connectivity index (χ1n) is 5.50. The van der Waals surface area contributed by atoms with Gasteiger partial charge < -0.3 is 5.32 Å². The zero-order valence-corrected chi connectivity index (χ0v) is 11.6. The highest BCUT2D eigenvalue weighted by atomic mass is 35.5. The van der Waals surface area contributed by atoms with Gasteiger partial charge in [-0.3, -0.25) is 4.90 Å². The van der Waals surface area contributed by atoms with Crippen LogP contribution < -0.4 is 5.32 Å². The van der Waals surface area contributed by atoms with Crippen molar-refractivity contribution < 1.29 is 4.39 Å². The van der Waals surface area contributed by atoms with Crippen LogP contribution >= 0.6 is 24.8 Å². The summed E-state index contributed by atoms with van der Waals surface area (Å²) in [7, 11) is 0. The van der Waals surface area contributed by atoms with E-state index in [1.54, 1.807) is 18.2 Å². The first-order valence-corrected chi connectivity index (χ1v) is 5.50. The first kappa shape index (κ1) is 17.3. The second-order valence-electron chi connectivity index (χ2n) is 3.85. The van der Waals surface area contributed by atoms with E-state index >= 15 is 0 Å². The molecule has 0 aliphatic carbocycles. The molecule has 2 rings (SSSR count). The van der Waals surface area contributed by atoms with Gasteiger partial charge in [0.05, 0.1) is 6.04 Å². The molecule has 1 aromatic rings. The van der Waals surface area contributed by atoms with E-state index in [-0.39, 0.29) is 30.9 Å². The van der Waals surface area contributed by atoms with Gasteiger partial charge in [-0.05, 0) is 6.07 Å². The van der Waals surface area contributed by atoms with Crippen LogP contribution in [0.4, 0.5) is 4.39 Å². The number of hydrogen-bond donors (Lipinski definition) is 1. The maximum absolute atomic E-state index is 13.6. The summed E-state index contributed by atoms with van der Waals surface area (Å²) in [5.41, 5.74) is 0.611. The minimum absolute atomic E-state index is 0. The molecule has 0 saturated carbocycles. The predicted molar refractivity (Wildman–Crippen MR) is 76.1 cm³/mol. The van der Waals surface area contributed by atoms with Crippen LogP contribution in [0.3, 0.4) is 0 Å². The Labute approximate surface area is 119 Å². The van der Waals surface area contributed by atoms with Crippen molar-refractivity contribution in [3.8, 4) is 0 Å². The third kappa shape index (κ3) is 3.92. The molecule has 0 unspecified atom stereocenters. The fourth-order valence-corrected chi connectivity index (χ4v) is 2.05. The molecule has 1 aliphatic heterocycles. The summed E-state index contributed by atoms with van der Waals surface area (Å²) >= 11 is 0. The third-order valence-electron chi connectivity index (χ3n) is 2.87. The van der Waals surface area contributed by atoms with E-state index in [1.807, 2.05) is 0 Å². The predicted octanol–water partition coefficient (Wildman–Crippen LogP) is 2.20. The SMILES string of the molecule is C=C[C@H](c1cccnc1F)N1CCNCC1.Cl.Cl. The maximum atomic E-state index is 13.6. The molecule has 1 N–H and O–H groups in total. The van der Waals surface area contributed by atoms with Crippen LogP contribution in [-0.2, 0) is 0 Å². The van der Waals surface area contributed by atoms with Crippen LogP contribution in [0.5, 0.6) is 0 Å². The van der Waals surface area contributed by atoms with E-state index in [4.69, 9.17) is 0 Å². The lowest BCUT2D eigenvalue weighted by atomic mass is 10.1. The Hall–Kier alpha value is -0.680. The maximum Gasteiger partial charge on any atom is 0.217 e. The minimum atomic E-state index is -0.397. The fraction of sp³-hybridized carbons (Fsp3) is 0.417. The molecule has 1 aromatic heterocycles. The highest BCUT2D eigenvalue weighted by Gasteiger charge is 2.21. The molecule has 0 amide bonds. The smallest absolute Gasteiger partial charge is 0.217 e. The Morgan fingerprint density at radius 2 is 2.06 bits per heavy atom. The van der Waals surface area contributed by atoms with Crippen LogP contribution in [0.1, 0.15) is 11.6 Å². The number of rotatable bonds is 3. The molecule has 1 atom stereocenters.